The number of methoxy groups -OCH3 is 1. The van der Waals surface area contributed by atoms with Crippen LogP contribution in [0.15, 0.2) is 48.5 Å². The summed E-state index contributed by atoms with van der Waals surface area (Å²) in [6, 6.07) is 14.7. The van der Waals surface area contributed by atoms with Gasteiger partial charge in [-0.05, 0) is 55.3 Å². The third-order valence-corrected chi connectivity index (χ3v) is 4.48. The van der Waals surface area contributed by atoms with Gasteiger partial charge in [-0.25, -0.2) is 0 Å². The van der Waals surface area contributed by atoms with Crippen molar-refractivity contribution in [3.05, 3.63) is 59.7 Å². The number of nitrogens with zero attached hydrogens (tertiary/aromatic N) is 1. The summed E-state index contributed by atoms with van der Waals surface area (Å²) in [4.78, 5) is 26.0. The summed E-state index contributed by atoms with van der Waals surface area (Å²) in [5, 5.41) is 2.99. The van der Waals surface area contributed by atoms with Gasteiger partial charge in [-0.3, -0.25) is 9.59 Å². The number of nitrogens with one attached hydrogen (secondary N) is 1. The lowest BCUT2D eigenvalue weighted by Crippen LogP contribution is -2.27. The Balaban J connectivity index is 1.65. The molecule has 2 aromatic carbocycles. The van der Waals surface area contributed by atoms with E-state index in [-0.39, 0.29) is 17.9 Å². The van der Waals surface area contributed by atoms with Gasteiger partial charge in [0.1, 0.15) is 5.75 Å². The molecule has 0 radical (unpaired) electrons. The zero-order chi connectivity index (χ0) is 17.8. The van der Waals surface area contributed by atoms with E-state index in [2.05, 4.69) is 5.32 Å². The number of rotatable bonds is 5. The molecule has 5 heteroatoms. The Morgan fingerprint density at radius 3 is 2.36 bits per heavy atom. The summed E-state index contributed by atoms with van der Waals surface area (Å²) < 4.78 is 5.14. The van der Waals surface area contributed by atoms with Crippen LogP contribution in [0.1, 0.15) is 41.7 Å². The Bertz CT molecular complexity index is 754. The van der Waals surface area contributed by atoms with Gasteiger partial charge in [-0.2, -0.15) is 0 Å². The van der Waals surface area contributed by atoms with Crippen molar-refractivity contribution in [2.24, 2.45) is 0 Å². The van der Waals surface area contributed by atoms with Crippen LogP contribution in [0.4, 0.5) is 5.69 Å². The summed E-state index contributed by atoms with van der Waals surface area (Å²) in [6.07, 6.45) is 1.49. The molecule has 0 aromatic heterocycles. The molecule has 3 rings (SSSR count). The maximum atomic E-state index is 12.4. The average molecular weight is 338 g/mol. The van der Waals surface area contributed by atoms with E-state index < -0.39 is 0 Å². The monoisotopic (exact) mass is 338 g/mol. The van der Waals surface area contributed by atoms with Gasteiger partial charge in [0.05, 0.1) is 13.2 Å². The minimum absolute atomic E-state index is 0.113. The predicted octanol–water partition coefficient (Wildman–Crippen LogP) is 3.31. The van der Waals surface area contributed by atoms with Crippen molar-refractivity contribution in [2.75, 3.05) is 18.6 Å². The fraction of sp³-hybridized carbons (Fsp3) is 0.300. The van der Waals surface area contributed by atoms with Crippen molar-refractivity contribution in [3.8, 4) is 5.75 Å². The van der Waals surface area contributed by atoms with Crippen LogP contribution >= 0.6 is 0 Å². The van der Waals surface area contributed by atoms with Crippen LogP contribution in [0.25, 0.3) is 0 Å². The first kappa shape index (κ1) is 17.0. The molecule has 1 saturated heterocycles. The van der Waals surface area contributed by atoms with E-state index in [1.807, 2.05) is 43.3 Å². The van der Waals surface area contributed by atoms with Crippen molar-refractivity contribution in [1.29, 1.82) is 0 Å². The van der Waals surface area contributed by atoms with Crippen LogP contribution in [0.3, 0.4) is 0 Å². The molecule has 1 fully saturated rings. The lowest BCUT2D eigenvalue weighted by atomic mass is 10.1. The molecule has 130 valence electrons. The van der Waals surface area contributed by atoms with E-state index in [0.29, 0.717) is 12.0 Å². The Morgan fingerprint density at radius 1 is 1.12 bits per heavy atom. The van der Waals surface area contributed by atoms with Crippen molar-refractivity contribution >= 4 is 17.5 Å². The molecule has 25 heavy (non-hydrogen) atoms. The second-order valence-electron chi connectivity index (χ2n) is 6.16. The Morgan fingerprint density at radius 2 is 1.80 bits per heavy atom. The molecule has 0 saturated carbocycles. The van der Waals surface area contributed by atoms with E-state index in [4.69, 9.17) is 4.74 Å². The minimum Gasteiger partial charge on any atom is -0.497 e. The summed E-state index contributed by atoms with van der Waals surface area (Å²) >= 11 is 0. The second kappa shape index (κ2) is 7.38. The molecule has 1 atom stereocenters. The number of carbonyl (C=O) groups is 2. The van der Waals surface area contributed by atoms with Gasteiger partial charge < -0.3 is 15.0 Å². The topological polar surface area (TPSA) is 58.6 Å². The third kappa shape index (κ3) is 3.82. The highest BCUT2D eigenvalue weighted by atomic mass is 16.5. The smallest absolute Gasteiger partial charge is 0.251 e. The van der Waals surface area contributed by atoms with E-state index in [9.17, 15) is 9.59 Å². The second-order valence-corrected chi connectivity index (χ2v) is 6.16. The van der Waals surface area contributed by atoms with Crippen molar-refractivity contribution < 1.29 is 14.3 Å². The number of hydrogen-bond donors (Lipinski definition) is 1. The normalized spacial score (nSPS) is 15.1. The highest BCUT2D eigenvalue weighted by Crippen LogP contribution is 2.22. The van der Waals surface area contributed by atoms with Gasteiger partial charge in [0, 0.05) is 24.2 Å². The van der Waals surface area contributed by atoms with Gasteiger partial charge in [0.25, 0.3) is 5.91 Å². The largest absolute Gasteiger partial charge is 0.497 e. The fourth-order valence-corrected chi connectivity index (χ4v) is 2.97. The minimum atomic E-state index is -0.136. The summed E-state index contributed by atoms with van der Waals surface area (Å²) in [5.74, 6) is 0.794. The first-order valence-electron chi connectivity index (χ1n) is 8.44. The number of anilines is 1. The Labute approximate surface area is 147 Å². The van der Waals surface area contributed by atoms with Gasteiger partial charge in [-0.15, -0.1) is 0 Å². The molecule has 2 aromatic rings. The summed E-state index contributed by atoms with van der Waals surface area (Å²) in [6.45, 7) is 2.69. The van der Waals surface area contributed by atoms with Gasteiger partial charge in [-0.1, -0.05) is 12.1 Å². The zero-order valence-electron chi connectivity index (χ0n) is 14.5. The van der Waals surface area contributed by atoms with Crippen molar-refractivity contribution in [1.82, 2.24) is 5.32 Å². The lowest BCUT2D eigenvalue weighted by molar-refractivity contribution is -0.117. The van der Waals surface area contributed by atoms with Gasteiger partial charge >= 0.3 is 0 Å². The Kier molecular flexibility index (Phi) is 5.03. The van der Waals surface area contributed by atoms with Crippen LogP contribution in [-0.4, -0.2) is 25.5 Å². The SMILES string of the molecule is COc1ccc([C@@H](C)NC(=O)c2ccc(N3CCCC3=O)cc2)cc1. The molecule has 0 aliphatic carbocycles. The zero-order valence-corrected chi connectivity index (χ0v) is 14.5. The van der Waals surface area contributed by atoms with E-state index >= 15 is 0 Å². The molecule has 1 heterocycles. The lowest BCUT2D eigenvalue weighted by Gasteiger charge is -2.17. The molecular formula is C20H22N2O3. The summed E-state index contributed by atoms with van der Waals surface area (Å²) in [5.41, 5.74) is 2.44. The van der Waals surface area contributed by atoms with Gasteiger partial charge in [0.15, 0.2) is 0 Å². The standard InChI is InChI=1S/C20H22N2O3/c1-14(15-7-11-18(25-2)12-8-15)21-20(24)16-5-9-17(10-6-16)22-13-3-4-19(22)23/h5-12,14H,3-4,13H2,1-2H3,(H,21,24)/t14-/m1/s1. The van der Waals surface area contributed by atoms with E-state index in [1.54, 1.807) is 24.1 Å². The molecule has 1 aliphatic rings. The number of amides is 2. The van der Waals surface area contributed by atoms with Gasteiger partial charge in [0.2, 0.25) is 5.91 Å². The van der Waals surface area contributed by atoms with Crippen LogP contribution < -0.4 is 15.0 Å². The average Bonchev–Trinajstić information content (AvgIpc) is 3.07. The number of benzene rings is 2. The quantitative estimate of drug-likeness (QED) is 0.910. The maximum Gasteiger partial charge on any atom is 0.251 e. The highest BCUT2D eigenvalue weighted by Gasteiger charge is 2.21. The first-order valence-corrected chi connectivity index (χ1v) is 8.44. The van der Waals surface area contributed by atoms with Crippen molar-refractivity contribution in [3.63, 3.8) is 0 Å². The maximum absolute atomic E-state index is 12.4. The van der Waals surface area contributed by atoms with Crippen LogP contribution in [0.5, 0.6) is 5.75 Å². The highest BCUT2D eigenvalue weighted by molar-refractivity contribution is 5.97. The molecule has 0 spiro atoms. The van der Waals surface area contributed by atoms with E-state index in [1.165, 1.54) is 0 Å². The fourth-order valence-electron chi connectivity index (χ4n) is 2.97. The van der Waals surface area contributed by atoms with Crippen LogP contribution in [0.2, 0.25) is 0 Å². The first-order chi connectivity index (χ1) is 12.1. The molecule has 1 aliphatic heterocycles. The van der Waals surface area contributed by atoms with Crippen molar-refractivity contribution in [2.45, 2.75) is 25.8 Å². The third-order valence-electron chi connectivity index (χ3n) is 4.48. The van der Waals surface area contributed by atoms with Crippen LogP contribution in [0, 0.1) is 0 Å². The van der Waals surface area contributed by atoms with E-state index in [0.717, 1.165) is 30.0 Å². The number of ether oxygens (including phenoxy) is 1. The van der Waals surface area contributed by atoms with Crippen LogP contribution in [-0.2, 0) is 4.79 Å². The molecule has 0 unspecified atom stereocenters. The molecule has 2 amide bonds. The molecular weight excluding hydrogens is 316 g/mol. The molecule has 1 N–H and O–H groups in total. The predicted molar refractivity (Wildman–Crippen MR) is 96.9 cm³/mol. The Hall–Kier alpha value is -2.82. The molecule has 0 bridgehead atoms. The summed E-state index contributed by atoms with van der Waals surface area (Å²) in [7, 11) is 1.62. The number of carbonyl (C=O) groups excluding carboxylic acids is 2. The number of hydrogen-bond acceptors (Lipinski definition) is 3. The molecule has 5 nitrogen and oxygen atoms in total.